The van der Waals surface area contributed by atoms with Gasteiger partial charge in [0.25, 0.3) is 5.91 Å². The molecule has 17 heavy (non-hydrogen) atoms. The van der Waals surface area contributed by atoms with Crippen LogP contribution >= 0.6 is 0 Å². The second kappa shape index (κ2) is 3.97. The van der Waals surface area contributed by atoms with Crippen LogP contribution < -0.4 is 5.73 Å². The van der Waals surface area contributed by atoms with Gasteiger partial charge in [-0.1, -0.05) is 6.08 Å². The molecule has 1 amide bonds. The van der Waals surface area contributed by atoms with E-state index in [0.29, 0.717) is 5.57 Å². The molecule has 6 heteroatoms. The Labute approximate surface area is 98.0 Å². The Bertz CT molecular complexity index is 428. The van der Waals surface area contributed by atoms with Gasteiger partial charge >= 0.3 is 5.97 Å². The highest BCUT2D eigenvalue weighted by Gasteiger charge is 2.48. The summed E-state index contributed by atoms with van der Waals surface area (Å²) in [4.78, 5) is 22.5. The number of hydrogen-bond donors (Lipinski definition) is 1. The van der Waals surface area contributed by atoms with E-state index in [0.717, 1.165) is 0 Å². The van der Waals surface area contributed by atoms with Crippen molar-refractivity contribution in [2.45, 2.75) is 24.9 Å². The lowest BCUT2D eigenvalue weighted by atomic mass is 10.0. The Hall–Kier alpha value is -1.66. The summed E-state index contributed by atoms with van der Waals surface area (Å²) < 4.78 is 15.4. The van der Waals surface area contributed by atoms with Gasteiger partial charge in [-0.3, -0.25) is 4.79 Å². The molecule has 3 atom stereocenters. The number of ether oxygens (including phenoxy) is 3. The topological polar surface area (TPSA) is 87.9 Å². The number of rotatable bonds is 2. The normalized spacial score (nSPS) is 35.1. The quantitative estimate of drug-likeness (QED) is 0.665. The first kappa shape index (κ1) is 11.8. The zero-order valence-electron chi connectivity index (χ0n) is 9.51. The Kier molecular flexibility index (Phi) is 2.76. The molecule has 1 saturated heterocycles. The number of methoxy groups -OCH3 is 1. The molecule has 2 N–H and O–H groups in total. The van der Waals surface area contributed by atoms with Crippen molar-refractivity contribution in [1.82, 2.24) is 0 Å². The van der Waals surface area contributed by atoms with Crippen molar-refractivity contribution in [2.75, 3.05) is 7.11 Å². The third-order valence-corrected chi connectivity index (χ3v) is 2.72. The largest absolute Gasteiger partial charge is 0.465 e. The molecule has 1 fully saturated rings. The maximum absolute atomic E-state index is 11.3. The van der Waals surface area contributed by atoms with Gasteiger partial charge in [0.1, 0.15) is 12.2 Å². The fourth-order valence-electron chi connectivity index (χ4n) is 1.76. The summed E-state index contributed by atoms with van der Waals surface area (Å²) in [6.07, 6.45) is 3.85. The van der Waals surface area contributed by atoms with Crippen LogP contribution in [-0.4, -0.2) is 37.0 Å². The van der Waals surface area contributed by atoms with E-state index in [9.17, 15) is 9.59 Å². The summed E-state index contributed by atoms with van der Waals surface area (Å²) in [6.45, 7) is 1.45. The zero-order valence-corrected chi connectivity index (χ0v) is 9.51. The molecule has 1 aliphatic carbocycles. The molecule has 3 unspecified atom stereocenters. The molecule has 2 aliphatic rings. The van der Waals surface area contributed by atoms with E-state index in [1.54, 1.807) is 18.2 Å². The summed E-state index contributed by atoms with van der Waals surface area (Å²) in [5.41, 5.74) is 5.55. The van der Waals surface area contributed by atoms with Gasteiger partial charge in [-0.25, -0.2) is 4.79 Å². The Morgan fingerprint density at radius 1 is 1.41 bits per heavy atom. The van der Waals surface area contributed by atoms with Crippen molar-refractivity contribution in [3.8, 4) is 0 Å². The van der Waals surface area contributed by atoms with Gasteiger partial charge in [0.15, 0.2) is 0 Å². The highest BCUT2D eigenvalue weighted by atomic mass is 16.8. The van der Waals surface area contributed by atoms with Crippen molar-refractivity contribution in [3.63, 3.8) is 0 Å². The monoisotopic (exact) mass is 239 g/mol. The van der Waals surface area contributed by atoms with Crippen molar-refractivity contribution in [2.24, 2.45) is 5.73 Å². The van der Waals surface area contributed by atoms with Crippen LogP contribution in [0, 0.1) is 0 Å². The van der Waals surface area contributed by atoms with E-state index >= 15 is 0 Å². The van der Waals surface area contributed by atoms with Gasteiger partial charge in [-0.15, -0.1) is 0 Å². The summed E-state index contributed by atoms with van der Waals surface area (Å²) in [7, 11) is 1.29. The number of esters is 1. The van der Waals surface area contributed by atoms with Crippen LogP contribution in [0.25, 0.3) is 0 Å². The first-order valence-corrected chi connectivity index (χ1v) is 5.10. The third-order valence-electron chi connectivity index (χ3n) is 2.72. The van der Waals surface area contributed by atoms with Crippen LogP contribution in [0.2, 0.25) is 0 Å². The number of carbonyl (C=O) groups is 2. The molecule has 2 rings (SSSR count). The first-order chi connectivity index (χ1) is 7.96. The highest BCUT2D eigenvalue weighted by Crippen LogP contribution is 2.33. The van der Waals surface area contributed by atoms with Crippen LogP contribution in [-0.2, 0) is 23.8 Å². The number of nitrogens with two attached hydrogens (primary N) is 1. The summed E-state index contributed by atoms with van der Waals surface area (Å²) >= 11 is 0. The molecule has 0 aromatic carbocycles. The van der Waals surface area contributed by atoms with E-state index in [-0.39, 0.29) is 0 Å². The zero-order chi connectivity index (χ0) is 12.6. The van der Waals surface area contributed by atoms with Gasteiger partial charge in [0.05, 0.1) is 12.7 Å². The molecule has 1 aliphatic heterocycles. The summed E-state index contributed by atoms with van der Waals surface area (Å²) in [5, 5.41) is 0. The van der Waals surface area contributed by atoms with Gasteiger partial charge in [-0.2, -0.15) is 0 Å². The number of fused-ring (bicyclic) bond motifs is 1. The molecule has 1 heterocycles. The molecule has 0 aromatic rings. The minimum absolute atomic E-state index is 0.367. The minimum Gasteiger partial charge on any atom is -0.465 e. The fourth-order valence-corrected chi connectivity index (χ4v) is 1.76. The average Bonchev–Trinajstić information content (AvgIpc) is 2.64. The predicted molar refractivity (Wildman–Crippen MR) is 56.6 cm³/mol. The molecule has 0 aromatic heterocycles. The number of hydrogen-bond acceptors (Lipinski definition) is 5. The van der Waals surface area contributed by atoms with Crippen molar-refractivity contribution in [1.29, 1.82) is 0 Å². The lowest BCUT2D eigenvalue weighted by Crippen LogP contribution is -2.42. The van der Waals surface area contributed by atoms with E-state index in [1.807, 2.05) is 0 Å². The van der Waals surface area contributed by atoms with Crippen molar-refractivity contribution >= 4 is 11.9 Å². The van der Waals surface area contributed by atoms with Gasteiger partial charge in [0.2, 0.25) is 5.79 Å². The molecule has 0 radical (unpaired) electrons. The van der Waals surface area contributed by atoms with Gasteiger partial charge in [0, 0.05) is 0 Å². The van der Waals surface area contributed by atoms with Crippen molar-refractivity contribution in [3.05, 3.63) is 23.8 Å². The second-order valence-corrected chi connectivity index (χ2v) is 3.95. The minimum atomic E-state index is -1.46. The smallest absolute Gasteiger partial charge is 0.337 e. The predicted octanol–water partition coefficient (Wildman–Crippen LogP) is -0.359. The molecule has 6 nitrogen and oxygen atoms in total. The number of carbonyl (C=O) groups excluding carboxylic acids is 2. The Balaban J connectivity index is 2.20. The van der Waals surface area contributed by atoms with Crippen LogP contribution in [0.1, 0.15) is 6.92 Å². The van der Waals surface area contributed by atoms with E-state index in [4.69, 9.17) is 15.2 Å². The van der Waals surface area contributed by atoms with Gasteiger partial charge in [-0.05, 0) is 19.1 Å². The molecular formula is C11H13NO5. The molecule has 0 bridgehead atoms. The van der Waals surface area contributed by atoms with E-state index in [2.05, 4.69) is 4.74 Å². The number of primary amides is 1. The Morgan fingerprint density at radius 2 is 2.06 bits per heavy atom. The van der Waals surface area contributed by atoms with Crippen LogP contribution in [0.4, 0.5) is 0 Å². The Morgan fingerprint density at radius 3 is 2.65 bits per heavy atom. The molecule has 92 valence electrons. The average molecular weight is 239 g/mol. The molecule has 0 spiro atoms. The van der Waals surface area contributed by atoms with Gasteiger partial charge < -0.3 is 19.9 Å². The third kappa shape index (κ3) is 1.96. The van der Waals surface area contributed by atoms with E-state index in [1.165, 1.54) is 14.0 Å². The number of amides is 1. The highest BCUT2D eigenvalue weighted by molar-refractivity contribution is 5.92. The maximum atomic E-state index is 11.3. The van der Waals surface area contributed by atoms with Crippen LogP contribution in [0.3, 0.4) is 0 Å². The SMILES string of the molecule is COC(=O)C1=CC2OC(C)(C(N)=O)OC2C=C1. The summed E-state index contributed by atoms with van der Waals surface area (Å²) in [5.74, 6) is -2.62. The van der Waals surface area contributed by atoms with Crippen molar-refractivity contribution < 1.29 is 23.8 Å². The molecule has 0 saturated carbocycles. The maximum Gasteiger partial charge on any atom is 0.337 e. The summed E-state index contributed by atoms with van der Waals surface area (Å²) in [6, 6.07) is 0. The lowest BCUT2D eigenvalue weighted by Gasteiger charge is -2.17. The molecular weight excluding hydrogens is 226 g/mol. The van der Waals surface area contributed by atoms with E-state index < -0.39 is 29.9 Å². The standard InChI is InChI=1S/C11H13NO5/c1-11(10(12)14)16-7-4-3-6(9(13)15-2)5-8(7)17-11/h3-5,7-8H,1-2H3,(H2,12,14). The second-order valence-electron chi connectivity index (χ2n) is 3.95. The fraction of sp³-hybridized carbons (Fsp3) is 0.455. The van der Waals surface area contributed by atoms with Crippen LogP contribution in [0.5, 0.6) is 0 Å². The first-order valence-electron chi connectivity index (χ1n) is 5.10. The lowest BCUT2D eigenvalue weighted by molar-refractivity contribution is -0.177. The van der Waals surface area contributed by atoms with Crippen LogP contribution in [0.15, 0.2) is 23.8 Å².